The lowest BCUT2D eigenvalue weighted by atomic mass is 9.90. The van der Waals surface area contributed by atoms with Gasteiger partial charge in [0.15, 0.2) is 0 Å². The van der Waals surface area contributed by atoms with E-state index in [-0.39, 0.29) is 0 Å². The van der Waals surface area contributed by atoms with Gasteiger partial charge in [0.2, 0.25) is 0 Å². The van der Waals surface area contributed by atoms with Gasteiger partial charge in [-0.3, -0.25) is 4.99 Å². The van der Waals surface area contributed by atoms with Gasteiger partial charge in [0, 0.05) is 36.4 Å². The van der Waals surface area contributed by atoms with Crippen LogP contribution >= 0.6 is 11.6 Å². The Kier molecular flexibility index (Phi) is 5.71. The Labute approximate surface area is 149 Å². The number of halogens is 1. The van der Waals surface area contributed by atoms with Crippen LogP contribution in [0.2, 0.25) is 0 Å². The summed E-state index contributed by atoms with van der Waals surface area (Å²) >= 11 is 6.71. The molecule has 0 bridgehead atoms. The van der Waals surface area contributed by atoms with Crippen molar-refractivity contribution in [1.82, 2.24) is 0 Å². The van der Waals surface area contributed by atoms with Crippen molar-refractivity contribution < 1.29 is 0 Å². The zero-order valence-electron chi connectivity index (χ0n) is 14.0. The molecule has 1 aliphatic carbocycles. The zero-order valence-corrected chi connectivity index (χ0v) is 14.8. The third-order valence-electron chi connectivity index (χ3n) is 4.48. The van der Waals surface area contributed by atoms with Gasteiger partial charge in [0.05, 0.1) is 5.69 Å². The summed E-state index contributed by atoms with van der Waals surface area (Å²) < 4.78 is 0. The van der Waals surface area contributed by atoms with Crippen LogP contribution in [0.25, 0.3) is 0 Å². The highest BCUT2D eigenvalue weighted by atomic mass is 35.5. The van der Waals surface area contributed by atoms with Crippen LogP contribution in [0.1, 0.15) is 19.3 Å². The van der Waals surface area contributed by atoms with E-state index in [1.807, 2.05) is 42.6 Å². The summed E-state index contributed by atoms with van der Waals surface area (Å²) in [7, 11) is 2.13. The molecular formula is C21H23ClN2. The molecule has 3 rings (SSSR count). The highest BCUT2D eigenvalue weighted by Crippen LogP contribution is 2.33. The Bertz CT molecular complexity index is 707. The van der Waals surface area contributed by atoms with Crippen molar-refractivity contribution in [3.8, 4) is 0 Å². The van der Waals surface area contributed by atoms with E-state index in [0.717, 1.165) is 30.1 Å². The molecule has 24 heavy (non-hydrogen) atoms. The van der Waals surface area contributed by atoms with Crippen molar-refractivity contribution in [3.05, 3.63) is 71.3 Å². The predicted molar refractivity (Wildman–Crippen MR) is 105 cm³/mol. The monoisotopic (exact) mass is 338 g/mol. The van der Waals surface area contributed by atoms with Crippen LogP contribution in [0.5, 0.6) is 0 Å². The number of nitrogens with zero attached hydrogens (tertiary/aromatic N) is 2. The summed E-state index contributed by atoms with van der Waals surface area (Å²) in [5, 5.41) is 0.976. The van der Waals surface area contributed by atoms with Crippen LogP contribution in [0.4, 0.5) is 11.4 Å². The van der Waals surface area contributed by atoms with Crippen LogP contribution in [-0.2, 0) is 0 Å². The Hall–Kier alpha value is -2.06. The highest BCUT2D eigenvalue weighted by molar-refractivity contribution is 6.31. The first-order valence-electron chi connectivity index (χ1n) is 8.48. The quantitative estimate of drug-likeness (QED) is 0.627. The topological polar surface area (TPSA) is 15.6 Å². The van der Waals surface area contributed by atoms with Crippen molar-refractivity contribution in [1.29, 1.82) is 0 Å². The van der Waals surface area contributed by atoms with E-state index in [4.69, 9.17) is 11.6 Å². The fraction of sp³-hybridized carbons (Fsp3) is 0.286. The number of allylic oxidation sites excluding steroid dienone is 1. The molecule has 2 nitrogen and oxygen atoms in total. The van der Waals surface area contributed by atoms with E-state index in [9.17, 15) is 0 Å². The van der Waals surface area contributed by atoms with Crippen molar-refractivity contribution in [3.63, 3.8) is 0 Å². The number of hydrogen-bond donors (Lipinski definition) is 0. The molecule has 1 unspecified atom stereocenters. The smallest absolute Gasteiger partial charge is 0.0629 e. The van der Waals surface area contributed by atoms with Crippen molar-refractivity contribution >= 4 is 29.2 Å². The number of hydrogen-bond acceptors (Lipinski definition) is 2. The van der Waals surface area contributed by atoms with Crippen LogP contribution in [-0.4, -0.2) is 19.8 Å². The third-order valence-corrected chi connectivity index (χ3v) is 5.03. The van der Waals surface area contributed by atoms with E-state index in [0.29, 0.717) is 5.92 Å². The Morgan fingerprint density at radius 1 is 1.08 bits per heavy atom. The molecule has 0 spiro atoms. The Morgan fingerprint density at radius 2 is 1.75 bits per heavy atom. The molecule has 0 saturated heterocycles. The fourth-order valence-electron chi connectivity index (χ4n) is 3.13. The maximum Gasteiger partial charge on any atom is 0.0629 e. The second-order valence-electron chi connectivity index (χ2n) is 6.27. The van der Waals surface area contributed by atoms with E-state index in [2.05, 4.69) is 41.2 Å². The summed E-state index contributed by atoms with van der Waals surface area (Å²) in [5.41, 5.74) is 3.38. The van der Waals surface area contributed by atoms with E-state index < -0.39 is 0 Å². The maximum atomic E-state index is 6.71. The van der Waals surface area contributed by atoms with E-state index >= 15 is 0 Å². The average Bonchev–Trinajstić information content (AvgIpc) is 2.64. The molecular weight excluding hydrogens is 316 g/mol. The van der Waals surface area contributed by atoms with Crippen LogP contribution in [0.15, 0.2) is 76.3 Å². The molecule has 0 fully saturated rings. The average molecular weight is 339 g/mol. The van der Waals surface area contributed by atoms with Crippen molar-refractivity contribution in [2.24, 2.45) is 10.9 Å². The standard InChI is InChI=1S/C21H23ClN2/c1-24(20-13-6-3-7-14-20)16-18-10-8-9-17(21(18)22)15-23-19-11-4-2-5-12-19/h2-7,11-15,18H,8-10,16H2,1H3. The second-order valence-corrected chi connectivity index (χ2v) is 6.68. The zero-order chi connectivity index (χ0) is 16.8. The minimum atomic E-state index is 0.378. The van der Waals surface area contributed by atoms with Crippen LogP contribution in [0, 0.1) is 5.92 Å². The lowest BCUT2D eigenvalue weighted by Gasteiger charge is -2.29. The second kappa shape index (κ2) is 8.16. The summed E-state index contributed by atoms with van der Waals surface area (Å²) in [6.07, 6.45) is 5.27. The number of para-hydroxylation sites is 2. The van der Waals surface area contributed by atoms with E-state index in [1.165, 1.54) is 17.7 Å². The summed E-state index contributed by atoms with van der Waals surface area (Å²) in [6.45, 7) is 0.936. The van der Waals surface area contributed by atoms with Crippen LogP contribution < -0.4 is 4.90 Å². The fourth-order valence-corrected chi connectivity index (χ4v) is 3.45. The van der Waals surface area contributed by atoms with Crippen molar-refractivity contribution in [2.45, 2.75) is 19.3 Å². The van der Waals surface area contributed by atoms with Gasteiger partial charge in [0.1, 0.15) is 0 Å². The molecule has 0 aromatic heterocycles. The molecule has 0 saturated carbocycles. The molecule has 0 amide bonds. The van der Waals surface area contributed by atoms with Gasteiger partial charge in [-0.25, -0.2) is 0 Å². The Balaban J connectivity index is 1.71. The SMILES string of the molecule is CN(CC1CCCC(C=Nc2ccccc2)=C1Cl)c1ccccc1. The Morgan fingerprint density at radius 3 is 2.46 bits per heavy atom. The molecule has 0 radical (unpaired) electrons. The van der Waals surface area contributed by atoms with Gasteiger partial charge in [0.25, 0.3) is 0 Å². The largest absolute Gasteiger partial charge is 0.374 e. The molecule has 1 atom stereocenters. The van der Waals surface area contributed by atoms with Gasteiger partial charge >= 0.3 is 0 Å². The minimum Gasteiger partial charge on any atom is -0.374 e. The lowest BCUT2D eigenvalue weighted by molar-refractivity contribution is 0.525. The predicted octanol–water partition coefficient (Wildman–Crippen LogP) is 5.82. The number of aliphatic imine (C=N–C) groups is 1. The molecule has 0 heterocycles. The molecule has 124 valence electrons. The number of rotatable bonds is 5. The molecule has 2 aromatic rings. The summed E-state index contributed by atoms with van der Waals surface area (Å²) in [4.78, 5) is 6.85. The summed E-state index contributed by atoms with van der Waals surface area (Å²) in [6, 6.07) is 20.5. The first kappa shape index (κ1) is 16.8. The number of benzene rings is 2. The van der Waals surface area contributed by atoms with Gasteiger partial charge in [-0.2, -0.15) is 0 Å². The molecule has 2 aromatic carbocycles. The van der Waals surface area contributed by atoms with Crippen LogP contribution in [0.3, 0.4) is 0 Å². The molecule has 0 N–H and O–H groups in total. The van der Waals surface area contributed by atoms with Gasteiger partial charge < -0.3 is 4.90 Å². The normalized spacial score (nSPS) is 18.2. The van der Waals surface area contributed by atoms with E-state index in [1.54, 1.807) is 0 Å². The van der Waals surface area contributed by atoms with Gasteiger partial charge in [-0.1, -0.05) is 48.0 Å². The molecule has 1 aliphatic rings. The molecule has 0 aliphatic heterocycles. The van der Waals surface area contributed by atoms with Crippen molar-refractivity contribution in [2.75, 3.05) is 18.5 Å². The molecule has 3 heteroatoms. The maximum absolute atomic E-state index is 6.71. The highest BCUT2D eigenvalue weighted by Gasteiger charge is 2.22. The van der Waals surface area contributed by atoms with Gasteiger partial charge in [-0.05, 0) is 49.1 Å². The summed E-state index contributed by atoms with van der Waals surface area (Å²) in [5.74, 6) is 0.378. The third kappa shape index (κ3) is 4.27. The first-order valence-corrected chi connectivity index (χ1v) is 8.85. The van der Waals surface area contributed by atoms with Gasteiger partial charge in [-0.15, -0.1) is 0 Å². The first-order chi connectivity index (χ1) is 11.7. The minimum absolute atomic E-state index is 0.378. The lowest BCUT2D eigenvalue weighted by Crippen LogP contribution is -2.27. The number of anilines is 1.